The third-order valence-corrected chi connectivity index (χ3v) is 4.24. The van der Waals surface area contributed by atoms with Crippen LogP contribution in [0.2, 0.25) is 0 Å². The van der Waals surface area contributed by atoms with E-state index < -0.39 is 0 Å². The van der Waals surface area contributed by atoms with Crippen molar-refractivity contribution in [2.45, 2.75) is 38.7 Å². The van der Waals surface area contributed by atoms with Crippen molar-refractivity contribution in [1.29, 1.82) is 0 Å². The van der Waals surface area contributed by atoms with E-state index in [1.165, 1.54) is 5.56 Å². The molecule has 1 saturated heterocycles. The summed E-state index contributed by atoms with van der Waals surface area (Å²) in [4.78, 5) is 20.7. The molecule has 132 valence electrons. The van der Waals surface area contributed by atoms with E-state index in [2.05, 4.69) is 46.6 Å². The monoisotopic (exact) mass is 340 g/mol. The lowest BCUT2D eigenvalue weighted by atomic mass is 10.0. The number of nitrogens with one attached hydrogen (secondary N) is 2. The Morgan fingerprint density at radius 3 is 2.76 bits per heavy atom. The maximum absolute atomic E-state index is 12.2. The van der Waals surface area contributed by atoms with E-state index >= 15 is 0 Å². The topological polar surface area (TPSA) is 76.1 Å². The summed E-state index contributed by atoms with van der Waals surface area (Å²) >= 11 is 0. The van der Waals surface area contributed by atoms with Crippen molar-refractivity contribution in [2.24, 2.45) is 0 Å². The van der Waals surface area contributed by atoms with Crippen LogP contribution in [0.15, 0.2) is 36.5 Å². The van der Waals surface area contributed by atoms with E-state index in [0.29, 0.717) is 24.1 Å². The van der Waals surface area contributed by atoms with E-state index in [9.17, 15) is 4.79 Å². The maximum Gasteiger partial charge on any atom is 0.270 e. The maximum atomic E-state index is 12.2. The Morgan fingerprint density at radius 2 is 2.08 bits per heavy atom. The molecule has 0 bridgehead atoms. The largest absolute Gasteiger partial charge is 0.376 e. The molecule has 25 heavy (non-hydrogen) atoms. The zero-order chi connectivity index (χ0) is 17.6. The quantitative estimate of drug-likeness (QED) is 0.844. The predicted molar refractivity (Wildman–Crippen MR) is 97.2 cm³/mol. The molecule has 1 amide bonds. The smallest absolute Gasteiger partial charge is 0.270 e. The van der Waals surface area contributed by atoms with Crippen LogP contribution in [-0.2, 0) is 4.74 Å². The molecular weight excluding hydrogens is 316 g/mol. The number of rotatable bonds is 6. The van der Waals surface area contributed by atoms with Crippen molar-refractivity contribution in [3.05, 3.63) is 47.8 Å². The van der Waals surface area contributed by atoms with Gasteiger partial charge in [0.1, 0.15) is 5.69 Å². The Hall–Kier alpha value is -2.47. The highest BCUT2D eigenvalue weighted by molar-refractivity contribution is 5.92. The number of nitrogens with zero attached hydrogens (tertiary/aromatic N) is 2. The molecule has 2 aromatic rings. The van der Waals surface area contributed by atoms with Gasteiger partial charge in [-0.25, -0.2) is 9.97 Å². The van der Waals surface area contributed by atoms with E-state index in [-0.39, 0.29) is 12.0 Å². The molecule has 1 unspecified atom stereocenters. The summed E-state index contributed by atoms with van der Waals surface area (Å²) in [6, 6.07) is 9.74. The summed E-state index contributed by atoms with van der Waals surface area (Å²) in [5, 5.41) is 6.01. The van der Waals surface area contributed by atoms with E-state index in [1.807, 2.05) is 12.1 Å². The minimum Gasteiger partial charge on any atom is -0.376 e. The van der Waals surface area contributed by atoms with Gasteiger partial charge in [0, 0.05) is 25.0 Å². The normalized spacial score (nSPS) is 16.8. The van der Waals surface area contributed by atoms with Crippen LogP contribution >= 0.6 is 0 Å². The number of amides is 1. The second-order valence-corrected chi connectivity index (χ2v) is 6.51. The third-order valence-electron chi connectivity index (χ3n) is 4.24. The first-order valence-electron chi connectivity index (χ1n) is 8.71. The number of hydrogen-bond donors (Lipinski definition) is 2. The van der Waals surface area contributed by atoms with Crippen molar-refractivity contribution in [1.82, 2.24) is 15.3 Å². The van der Waals surface area contributed by atoms with Crippen LogP contribution in [0.1, 0.15) is 48.7 Å². The molecule has 6 nitrogen and oxygen atoms in total. The van der Waals surface area contributed by atoms with Crippen LogP contribution in [0.4, 0.5) is 11.6 Å². The number of aromatic nitrogens is 2. The highest BCUT2D eigenvalue weighted by atomic mass is 16.5. The zero-order valence-corrected chi connectivity index (χ0v) is 14.7. The molecule has 2 N–H and O–H groups in total. The van der Waals surface area contributed by atoms with Gasteiger partial charge in [-0.15, -0.1) is 0 Å². The van der Waals surface area contributed by atoms with Gasteiger partial charge in [-0.1, -0.05) is 26.0 Å². The van der Waals surface area contributed by atoms with Crippen molar-refractivity contribution in [2.75, 3.05) is 18.5 Å². The van der Waals surface area contributed by atoms with Crippen LogP contribution in [0.3, 0.4) is 0 Å². The summed E-state index contributed by atoms with van der Waals surface area (Å²) < 4.78 is 5.51. The minimum absolute atomic E-state index is 0.114. The highest BCUT2D eigenvalue weighted by Gasteiger charge is 2.17. The van der Waals surface area contributed by atoms with Gasteiger partial charge >= 0.3 is 0 Å². The number of carbonyl (C=O) groups is 1. The van der Waals surface area contributed by atoms with Gasteiger partial charge in [0.05, 0.1) is 6.10 Å². The number of ether oxygens (including phenoxy) is 1. The van der Waals surface area contributed by atoms with Crippen LogP contribution in [0.5, 0.6) is 0 Å². The van der Waals surface area contributed by atoms with E-state index in [0.717, 1.165) is 25.1 Å². The van der Waals surface area contributed by atoms with Crippen LogP contribution < -0.4 is 10.6 Å². The second-order valence-electron chi connectivity index (χ2n) is 6.51. The van der Waals surface area contributed by atoms with Crippen molar-refractivity contribution in [3.8, 4) is 0 Å². The number of anilines is 2. The third kappa shape index (κ3) is 4.76. The molecular formula is C19H24N4O2. The molecule has 1 aliphatic rings. The van der Waals surface area contributed by atoms with Gasteiger partial charge in [0.2, 0.25) is 5.95 Å². The molecule has 1 aromatic heterocycles. The van der Waals surface area contributed by atoms with Gasteiger partial charge in [-0.3, -0.25) is 4.79 Å². The van der Waals surface area contributed by atoms with Crippen LogP contribution in [0.25, 0.3) is 0 Å². The molecule has 1 fully saturated rings. The first kappa shape index (κ1) is 17.4. The van der Waals surface area contributed by atoms with Crippen molar-refractivity contribution >= 4 is 17.5 Å². The highest BCUT2D eigenvalue weighted by Crippen LogP contribution is 2.19. The van der Waals surface area contributed by atoms with Crippen molar-refractivity contribution in [3.63, 3.8) is 0 Å². The Morgan fingerprint density at radius 1 is 1.28 bits per heavy atom. The fourth-order valence-electron chi connectivity index (χ4n) is 2.73. The fraction of sp³-hybridized carbons (Fsp3) is 0.421. The Balaban J connectivity index is 1.61. The van der Waals surface area contributed by atoms with E-state index in [1.54, 1.807) is 12.3 Å². The molecule has 0 spiro atoms. The molecule has 3 rings (SSSR count). The average molecular weight is 340 g/mol. The SMILES string of the molecule is CC(C)c1ccc(Nc2nccc(C(=O)NCC3CCCO3)n2)cc1. The lowest BCUT2D eigenvalue weighted by Gasteiger charge is -2.11. The molecule has 1 atom stereocenters. The average Bonchev–Trinajstić information content (AvgIpc) is 3.14. The minimum atomic E-state index is -0.212. The van der Waals surface area contributed by atoms with Crippen LogP contribution in [0, 0.1) is 0 Å². The van der Waals surface area contributed by atoms with Gasteiger partial charge in [0.25, 0.3) is 5.91 Å². The van der Waals surface area contributed by atoms with E-state index in [4.69, 9.17) is 4.74 Å². The number of benzene rings is 1. The summed E-state index contributed by atoms with van der Waals surface area (Å²) in [6.07, 6.45) is 3.74. The summed E-state index contributed by atoms with van der Waals surface area (Å²) in [7, 11) is 0. The first-order chi connectivity index (χ1) is 12.1. The first-order valence-corrected chi connectivity index (χ1v) is 8.71. The fourth-order valence-corrected chi connectivity index (χ4v) is 2.73. The number of carbonyl (C=O) groups excluding carboxylic acids is 1. The second kappa shape index (κ2) is 8.07. The molecule has 0 radical (unpaired) electrons. The predicted octanol–water partition coefficient (Wildman–Crippen LogP) is 3.25. The van der Waals surface area contributed by atoms with Gasteiger partial charge in [-0.2, -0.15) is 0 Å². The Bertz CT molecular complexity index is 710. The standard InChI is InChI=1S/C19H24N4O2/c1-13(2)14-5-7-15(8-6-14)22-19-20-10-9-17(23-19)18(24)21-12-16-4-3-11-25-16/h5-10,13,16H,3-4,11-12H2,1-2H3,(H,21,24)(H,20,22,23). The summed E-state index contributed by atoms with van der Waals surface area (Å²) in [6.45, 7) is 5.61. The lowest BCUT2D eigenvalue weighted by molar-refractivity contribution is 0.0853. The van der Waals surface area contributed by atoms with Gasteiger partial charge < -0.3 is 15.4 Å². The molecule has 6 heteroatoms. The van der Waals surface area contributed by atoms with Gasteiger partial charge in [0.15, 0.2) is 0 Å². The molecule has 0 saturated carbocycles. The Labute approximate surface area is 148 Å². The molecule has 2 heterocycles. The van der Waals surface area contributed by atoms with Crippen molar-refractivity contribution < 1.29 is 9.53 Å². The van der Waals surface area contributed by atoms with Crippen LogP contribution in [-0.4, -0.2) is 35.1 Å². The molecule has 1 aromatic carbocycles. The Kier molecular flexibility index (Phi) is 5.60. The zero-order valence-electron chi connectivity index (χ0n) is 14.7. The summed E-state index contributed by atoms with van der Waals surface area (Å²) in [5.41, 5.74) is 2.50. The van der Waals surface area contributed by atoms with Gasteiger partial charge in [-0.05, 0) is 42.5 Å². The number of hydrogen-bond acceptors (Lipinski definition) is 5. The lowest BCUT2D eigenvalue weighted by Crippen LogP contribution is -2.32. The summed E-state index contributed by atoms with van der Waals surface area (Å²) in [5.74, 6) is 0.680. The molecule has 1 aliphatic heterocycles. The molecule has 0 aliphatic carbocycles.